The molecule has 0 aliphatic heterocycles. The molecular weight excluding hydrogens is 320 g/mol. The Morgan fingerprint density at radius 1 is 0.320 bits per heavy atom. The van der Waals surface area contributed by atoms with Crippen molar-refractivity contribution in [1.82, 2.24) is 0 Å². The van der Waals surface area contributed by atoms with Crippen LogP contribution in [0, 0.1) is 0 Å². The van der Waals surface area contributed by atoms with Gasteiger partial charge in [-0.15, -0.1) is 0 Å². The fourth-order valence-corrected chi connectivity index (χ4v) is 0.714. The van der Waals surface area contributed by atoms with E-state index in [-0.39, 0.29) is 0 Å². The van der Waals surface area contributed by atoms with Crippen molar-refractivity contribution in [3.05, 3.63) is 133 Å². The average Bonchev–Trinajstić information content (AvgIpc) is 2.63. The second-order valence-corrected chi connectivity index (χ2v) is 3.11. The van der Waals surface area contributed by atoms with Crippen LogP contribution in [0.2, 0.25) is 0 Å². The molecule has 0 rings (SSSR count). The lowest BCUT2D eigenvalue weighted by molar-refractivity contribution is 2.11. The van der Waals surface area contributed by atoms with Crippen LogP contribution in [0.1, 0.15) is 0 Å². The summed E-state index contributed by atoms with van der Waals surface area (Å²) in [5, 5.41) is 2.21. The lowest BCUT2D eigenvalue weighted by Gasteiger charge is -1.40. The Labute approximate surface area is 150 Å². The highest BCUT2D eigenvalue weighted by Crippen LogP contribution is 1.58. The Kier molecular flexibility index (Phi) is 15.2. The molecule has 0 N–H and O–H groups in total. The third kappa shape index (κ3) is 19.0. The lowest BCUT2D eigenvalue weighted by atomic mass is 10.6. The maximum absolute atomic E-state index is 4.37. The molecule has 0 heterocycles. The minimum atomic E-state index is 2.21. The van der Waals surface area contributed by atoms with Gasteiger partial charge in [-0.2, -0.15) is 0 Å². The third-order valence-electron chi connectivity index (χ3n) is 1.39. The van der Waals surface area contributed by atoms with Crippen LogP contribution < -0.4 is 0 Å². The molecule has 0 unspecified atom stereocenters. The molecule has 25 heavy (non-hydrogen) atoms. The minimum absolute atomic E-state index is 2.21. The van der Waals surface area contributed by atoms with Gasteiger partial charge in [-0.25, -0.2) is 0 Å². The molecule has 0 spiro atoms. The molecule has 0 nitrogen and oxygen atoms in total. The predicted molar refractivity (Wildman–Crippen MR) is 95.5 cm³/mol. The largest absolute Gasteiger partial charge is 0.0687 e. The zero-order valence-corrected chi connectivity index (χ0v) is 13.4. The van der Waals surface area contributed by atoms with Crippen molar-refractivity contribution in [3.63, 3.8) is 0 Å². The molecule has 0 saturated heterocycles. The lowest BCUT2D eigenvalue weighted by Crippen LogP contribution is -1.25. The summed E-state index contributed by atoms with van der Waals surface area (Å²) in [7, 11) is 0. The standard InChI is InChI=1S/C24H2S/c1-2-3-4-5-6-7-8-9-10-11-12-13-14-15-16-17-18-19-20-21-22-23-24-25/h1H2. The molecule has 1 heteroatoms. The second kappa shape index (κ2) is 19.0. The highest BCUT2D eigenvalue weighted by atomic mass is 32.1. The van der Waals surface area contributed by atoms with E-state index in [1.54, 1.807) is 0 Å². The van der Waals surface area contributed by atoms with Gasteiger partial charge in [0, 0.05) is 79.5 Å². The SMILES string of the molecule is C=C=C=C=C=C=C=C=C=C=C=C=C=C=C=C=C=C=C=C=C=C=C=C=S. The van der Waals surface area contributed by atoms with Crippen molar-refractivity contribution in [2.24, 2.45) is 0 Å². The third-order valence-corrected chi connectivity index (χ3v) is 1.49. The Bertz CT molecular complexity index is 1300. The summed E-state index contributed by atoms with van der Waals surface area (Å²) in [6.07, 6.45) is 0. The van der Waals surface area contributed by atoms with E-state index in [4.69, 9.17) is 0 Å². The predicted octanol–water partition coefficient (Wildman–Crippen LogP) is 4.18. The summed E-state index contributed by atoms with van der Waals surface area (Å²) >= 11 is 4.37. The molecule has 0 aromatic heterocycles. The molecule has 0 atom stereocenters. The summed E-state index contributed by atoms with van der Waals surface area (Å²) in [5.41, 5.74) is 54.3. The summed E-state index contributed by atoms with van der Waals surface area (Å²) in [6, 6.07) is 0. The normalized spacial score (nSPS) is 3.84. The van der Waals surface area contributed by atoms with Gasteiger partial charge in [0.05, 0.1) is 0 Å². The maximum Gasteiger partial charge on any atom is 0.0148 e. The Balaban J connectivity index is 5.88. The van der Waals surface area contributed by atoms with Crippen molar-refractivity contribution in [1.29, 1.82) is 0 Å². The van der Waals surface area contributed by atoms with Gasteiger partial charge in [0.15, 0.2) is 0 Å². The van der Waals surface area contributed by atoms with Crippen molar-refractivity contribution in [3.8, 4) is 0 Å². The number of hydrogen-bond donors (Lipinski definition) is 0. The molecule has 0 amide bonds. The van der Waals surface area contributed by atoms with Crippen LogP contribution in [0.15, 0.2) is 133 Å². The van der Waals surface area contributed by atoms with Gasteiger partial charge in [0.1, 0.15) is 0 Å². The zero-order valence-electron chi connectivity index (χ0n) is 12.6. The van der Waals surface area contributed by atoms with Crippen molar-refractivity contribution < 1.29 is 0 Å². The number of rotatable bonds is 0. The van der Waals surface area contributed by atoms with E-state index >= 15 is 0 Å². The van der Waals surface area contributed by atoms with Gasteiger partial charge >= 0.3 is 0 Å². The van der Waals surface area contributed by atoms with E-state index in [2.05, 4.69) is 150 Å². The van der Waals surface area contributed by atoms with E-state index in [1.807, 2.05) is 0 Å². The maximum atomic E-state index is 4.37. The van der Waals surface area contributed by atoms with Gasteiger partial charge in [0.2, 0.25) is 0 Å². The van der Waals surface area contributed by atoms with Crippen LogP contribution in [-0.4, -0.2) is 5.02 Å². The average molecular weight is 322 g/mol. The van der Waals surface area contributed by atoms with Gasteiger partial charge < -0.3 is 0 Å². The number of thiocarbonyl (C=S) groups is 1. The van der Waals surface area contributed by atoms with Crippen LogP contribution in [0.5, 0.6) is 0 Å². The van der Waals surface area contributed by atoms with E-state index in [1.165, 1.54) is 0 Å². The minimum Gasteiger partial charge on any atom is -0.0687 e. The summed E-state index contributed by atoms with van der Waals surface area (Å²) in [4.78, 5) is 0. The van der Waals surface area contributed by atoms with E-state index in [0.717, 1.165) is 0 Å². The van der Waals surface area contributed by atoms with Crippen molar-refractivity contribution in [2.45, 2.75) is 0 Å². The van der Waals surface area contributed by atoms with E-state index < -0.39 is 0 Å². The monoisotopic (exact) mass is 322 g/mol. The van der Waals surface area contributed by atoms with Gasteiger partial charge in [0.25, 0.3) is 0 Å². The summed E-state index contributed by atoms with van der Waals surface area (Å²) < 4.78 is 0. The Hall–Kier alpha value is -4.97. The molecule has 0 fully saturated rings. The van der Waals surface area contributed by atoms with Crippen LogP contribution >= 0.6 is 12.2 Å². The number of hydrogen-bond acceptors (Lipinski definition) is 1. The first-order valence-electron chi connectivity index (χ1n) is 6.06. The zero-order chi connectivity index (χ0) is 18.3. The van der Waals surface area contributed by atoms with Gasteiger partial charge in [-0.3, -0.25) is 0 Å². The second-order valence-electron chi connectivity index (χ2n) is 2.90. The first-order valence-corrected chi connectivity index (χ1v) is 6.47. The van der Waals surface area contributed by atoms with Crippen molar-refractivity contribution >= 4 is 17.2 Å². The molecule has 0 saturated carbocycles. The van der Waals surface area contributed by atoms with Crippen LogP contribution in [0.3, 0.4) is 0 Å². The van der Waals surface area contributed by atoms with E-state index in [0.29, 0.717) is 0 Å². The topological polar surface area (TPSA) is 0 Å². The smallest absolute Gasteiger partial charge is 0.0148 e. The fraction of sp³-hybridized carbons (Fsp3) is 0. The van der Waals surface area contributed by atoms with Crippen LogP contribution in [0.25, 0.3) is 0 Å². The molecular formula is C24H2S. The highest BCUT2D eigenvalue weighted by molar-refractivity contribution is 7.78. The first kappa shape index (κ1) is 20.0. The molecule has 0 aliphatic rings. The molecule has 0 bridgehead atoms. The first-order chi connectivity index (χ1) is 12.4. The fourth-order valence-electron chi connectivity index (χ4n) is 0.663. The Morgan fingerprint density at radius 3 is 0.720 bits per heavy atom. The van der Waals surface area contributed by atoms with Crippen LogP contribution in [-0.2, 0) is 0 Å². The molecule has 0 aliphatic carbocycles. The Morgan fingerprint density at radius 2 is 0.520 bits per heavy atom. The quantitative estimate of drug-likeness (QED) is 0.476. The molecule has 0 radical (unpaired) electrons. The van der Waals surface area contributed by atoms with Gasteiger partial charge in [-0.05, 0) is 64.6 Å². The molecule has 0 aromatic rings. The van der Waals surface area contributed by atoms with Crippen LogP contribution in [0.4, 0.5) is 0 Å². The highest BCUT2D eigenvalue weighted by Gasteiger charge is 1.42. The summed E-state index contributed by atoms with van der Waals surface area (Å²) in [5.74, 6) is 0. The van der Waals surface area contributed by atoms with E-state index in [9.17, 15) is 0 Å². The van der Waals surface area contributed by atoms with Crippen molar-refractivity contribution in [2.75, 3.05) is 0 Å². The molecule has 104 valence electrons. The summed E-state index contributed by atoms with van der Waals surface area (Å²) in [6.45, 7) is 3.30. The van der Waals surface area contributed by atoms with Gasteiger partial charge in [-0.1, -0.05) is 5.73 Å². The molecule has 0 aromatic carbocycles.